The first-order valence-electron chi connectivity index (χ1n) is 3.82. The Bertz CT molecular complexity index is 229. The smallest absolute Gasteiger partial charge is 0.331 e. The van der Waals surface area contributed by atoms with Gasteiger partial charge in [0, 0.05) is 6.92 Å². The molecule has 0 aromatic heterocycles. The summed E-state index contributed by atoms with van der Waals surface area (Å²) in [5, 5.41) is 20.2. The molecule has 0 unspecified atom stereocenters. The number of hydrogen-bond acceptors (Lipinski definition) is 5. The number of hydrogen-bond donors (Lipinski definition) is 3. The Hall–Kier alpha value is -1.14. The van der Waals surface area contributed by atoms with Crippen LogP contribution in [-0.2, 0) is 14.3 Å². The number of carbonyl (C=O) groups is 2. The van der Waals surface area contributed by atoms with E-state index < -0.39 is 36.7 Å². The minimum absolute atomic E-state index is 0.431. The minimum atomic E-state index is -1.18. The molecule has 1 heterocycles. The van der Waals surface area contributed by atoms with Gasteiger partial charge in [-0.2, -0.15) is 0 Å². The summed E-state index contributed by atoms with van der Waals surface area (Å²) < 4.78 is 4.58. The molecule has 0 aliphatic carbocycles. The number of aliphatic hydroxyl groups is 2. The molecule has 0 radical (unpaired) electrons. The second kappa shape index (κ2) is 3.71. The number of esters is 1. The SMILES string of the molecule is CC(=O)N[C@H]1C(=O)O[C@H](CO)[C@H]1O. The van der Waals surface area contributed by atoms with E-state index in [4.69, 9.17) is 5.11 Å². The maximum atomic E-state index is 11.0. The summed E-state index contributed by atoms with van der Waals surface area (Å²) >= 11 is 0. The quantitative estimate of drug-likeness (QED) is 0.427. The molecule has 1 saturated heterocycles. The predicted octanol–water partition coefficient (Wildman–Crippen LogP) is -2.23. The summed E-state index contributed by atoms with van der Waals surface area (Å²) in [5.74, 6) is -1.15. The van der Waals surface area contributed by atoms with E-state index in [1.807, 2.05) is 0 Å². The van der Waals surface area contributed by atoms with Crippen molar-refractivity contribution in [3.8, 4) is 0 Å². The van der Waals surface area contributed by atoms with Crippen LogP contribution in [0.5, 0.6) is 0 Å². The van der Waals surface area contributed by atoms with Crippen molar-refractivity contribution >= 4 is 11.9 Å². The fourth-order valence-corrected chi connectivity index (χ4v) is 1.15. The number of amides is 1. The van der Waals surface area contributed by atoms with Gasteiger partial charge >= 0.3 is 5.97 Å². The third kappa shape index (κ3) is 1.96. The molecule has 0 spiro atoms. The summed E-state index contributed by atoms with van der Waals surface area (Å²) in [5.41, 5.74) is 0. The van der Waals surface area contributed by atoms with Gasteiger partial charge in [-0.1, -0.05) is 0 Å². The lowest BCUT2D eigenvalue weighted by molar-refractivity contribution is -0.145. The molecule has 1 fully saturated rings. The highest BCUT2D eigenvalue weighted by atomic mass is 16.6. The third-order valence-electron chi connectivity index (χ3n) is 1.78. The second-order valence-electron chi connectivity index (χ2n) is 2.83. The van der Waals surface area contributed by atoms with Crippen LogP contribution in [0.1, 0.15) is 6.92 Å². The van der Waals surface area contributed by atoms with Gasteiger partial charge < -0.3 is 20.3 Å². The van der Waals surface area contributed by atoms with E-state index in [0.29, 0.717) is 0 Å². The summed E-state index contributed by atoms with van der Waals surface area (Å²) in [6.07, 6.45) is -2.12. The maximum Gasteiger partial charge on any atom is 0.331 e. The summed E-state index contributed by atoms with van der Waals surface area (Å²) in [7, 11) is 0. The van der Waals surface area contributed by atoms with E-state index >= 15 is 0 Å². The highest BCUT2D eigenvalue weighted by Crippen LogP contribution is 2.15. The topological polar surface area (TPSA) is 95.9 Å². The highest BCUT2D eigenvalue weighted by Gasteiger charge is 2.43. The van der Waals surface area contributed by atoms with Gasteiger partial charge in [0.25, 0.3) is 0 Å². The van der Waals surface area contributed by atoms with Crippen molar-refractivity contribution in [1.82, 2.24) is 5.32 Å². The molecule has 6 heteroatoms. The monoisotopic (exact) mass is 189 g/mol. The molecule has 1 amide bonds. The average Bonchev–Trinajstić information content (AvgIpc) is 2.31. The average molecular weight is 189 g/mol. The van der Waals surface area contributed by atoms with E-state index in [1.54, 1.807) is 0 Å². The Labute approximate surface area is 74.5 Å². The Morgan fingerprint density at radius 3 is 2.69 bits per heavy atom. The lowest BCUT2D eigenvalue weighted by Gasteiger charge is -2.13. The lowest BCUT2D eigenvalue weighted by Crippen LogP contribution is -2.45. The van der Waals surface area contributed by atoms with Gasteiger partial charge in [-0.3, -0.25) is 4.79 Å². The molecule has 1 aliphatic rings. The van der Waals surface area contributed by atoms with Crippen molar-refractivity contribution in [3.05, 3.63) is 0 Å². The molecule has 3 atom stereocenters. The Morgan fingerprint density at radius 1 is 1.69 bits per heavy atom. The molecule has 0 aromatic carbocycles. The fourth-order valence-electron chi connectivity index (χ4n) is 1.15. The predicted molar refractivity (Wildman–Crippen MR) is 40.6 cm³/mol. The van der Waals surface area contributed by atoms with Crippen LogP contribution in [0.3, 0.4) is 0 Å². The first-order valence-corrected chi connectivity index (χ1v) is 3.82. The number of carbonyl (C=O) groups excluding carboxylic acids is 2. The van der Waals surface area contributed by atoms with Crippen LogP contribution in [0.4, 0.5) is 0 Å². The molecular weight excluding hydrogens is 178 g/mol. The minimum Gasteiger partial charge on any atom is -0.455 e. The van der Waals surface area contributed by atoms with Crippen LogP contribution < -0.4 is 5.32 Å². The van der Waals surface area contributed by atoms with Gasteiger partial charge in [-0.25, -0.2) is 4.79 Å². The van der Waals surface area contributed by atoms with Gasteiger partial charge in [0.2, 0.25) is 5.91 Å². The van der Waals surface area contributed by atoms with E-state index in [9.17, 15) is 14.7 Å². The van der Waals surface area contributed by atoms with Gasteiger partial charge in [0.15, 0.2) is 12.1 Å². The number of aliphatic hydroxyl groups excluding tert-OH is 2. The van der Waals surface area contributed by atoms with E-state index in [0.717, 1.165) is 0 Å². The largest absolute Gasteiger partial charge is 0.455 e. The lowest BCUT2D eigenvalue weighted by atomic mass is 10.1. The molecule has 0 aromatic rings. The van der Waals surface area contributed by atoms with Crippen LogP contribution in [0, 0.1) is 0 Å². The molecular formula is C7H11NO5. The first-order chi connectivity index (χ1) is 6.06. The normalized spacial score (nSPS) is 32.8. The fraction of sp³-hybridized carbons (Fsp3) is 0.714. The second-order valence-corrected chi connectivity index (χ2v) is 2.83. The van der Waals surface area contributed by atoms with E-state index in [1.165, 1.54) is 6.92 Å². The first kappa shape index (κ1) is 9.94. The van der Waals surface area contributed by atoms with Crippen molar-refractivity contribution in [2.45, 2.75) is 25.2 Å². The van der Waals surface area contributed by atoms with E-state index in [2.05, 4.69) is 10.1 Å². The Balaban J connectivity index is 2.64. The van der Waals surface area contributed by atoms with Crippen LogP contribution >= 0.6 is 0 Å². The van der Waals surface area contributed by atoms with Gasteiger partial charge in [-0.05, 0) is 0 Å². The zero-order chi connectivity index (χ0) is 10.0. The van der Waals surface area contributed by atoms with Crippen molar-refractivity contribution in [2.24, 2.45) is 0 Å². The van der Waals surface area contributed by atoms with Crippen LogP contribution in [0.2, 0.25) is 0 Å². The van der Waals surface area contributed by atoms with Crippen molar-refractivity contribution in [2.75, 3.05) is 6.61 Å². The van der Waals surface area contributed by atoms with Crippen LogP contribution in [-0.4, -0.2) is 46.9 Å². The van der Waals surface area contributed by atoms with Crippen molar-refractivity contribution in [1.29, 1.82) is 0 Å². The molecule has 3 N–H and O–H groups in total. The summed E-state index contributed by atoms with van der Waals surface area (Å²) in [6, 6.07) is -1.06. The maximum absolute atomic E-state index is 11.0. The molecule has 6 nitrogen and oxygen atoms in total. The number of rotatable bonds is 2. The van der Waals surface area contributed by atoms with Crippen LogP contribution in [0.15, 0.2) is 0 Å². The molecule has 13 heavy (non-hydrogen) atoms. The molecule has 1 aliphatic heterocycles. The van der Waals surface area contributed by atoms with Gasteiger partial charge in [0.05, 0.1) is 6.61 Å². The number of cyclic esters (lactones) is 1. The van der Waals surface area contributed by atoms with Crippen molar-refractivity contribution < 1.29 is 24.5 Å². The Kier molecular flexibility index (Phi) is 2.84. The summed E-state index contributed by atoms with van der Waals surface area (Å²) in [6.45, 7) is 0.773. The summed E-state index contributed by atoms with van der Waals surface area (Å²) in [4.78, 5) is 21.6. The highest BCUT2D eigenvalue weighted by molar-refractivity contribution is 5.85. The molecule has 0 saturated carbocycles. The third-order valence-corrected chi connectivity index (χ3v) is 1.78. The zero-order valence-electron chi connectivity index (χ0n) is 7.06. The zero-order valence-corrected chi connectivity index (χ0v) is 7.06. The molecule has 0 bridgehead atoms. The van der Waals surface area contributed by atoms with Gasteiger partial charge in [0.1, 0.15) is 6.10 Å². The standard InChI is InChI=1S/C7H11NO5/c1-3(10)8-5-6(11)4(2-9)13-7(5)12/h4-6,9,11H,2H2,1H3,(H,8,10)/t4-,5-,6-/m1/s1. The number of nitrogens with one attached hydrogen (secondary N) is 1. The van der Waals surface area contributed by atoms with E-state index in [-0.39, 0.29) is 0 Å². The Morgan fingerprint density at radius 2 is 2.31 bits per heavy atom. The molecule has 74 valence electrons. The molecule has 1 rings (SSSR count). The van der Waals surface area contributed by atoms with Crippen LogP contribution in [0.25, 0.3) is 0 Å². The van der Waals surface area contributed by atoms with Gasteiger partial charge in [-0.15, -0.1) is 0 Å². The van der Waals surface area contributed by atoms with Crippen molar-refractivity contribution in [3.63, 3.8) is 0 Å². The number of ether oxygens (including phenoxy) is 1.